The van der Waals surface area contributed by atoms with Gasteiger partial charge in [0.25, 0.3) is 5.91 Å². The van der Waals surface area contributed by atoms with Crippen LogP contribution in [0.15, 0.2) is 18.2 Å². The zero-order valence-electron chi connectivity index (χ0n) is 11.7. The van der Waals surface area contributed by atoms with Gasteiger partial charge in [-0.1, -0.05) is 0 Å². The summed E-state index contributed by atoms with van der Waals surface area (Å²) in [5, 5.41) is 11.4. The topological polar surface area (TPSA) is 69.6 Å². The van der Waals surface area contributed by atoms with Crippen LogP contribution in [0.25, 0.3) is 0 Å². The summed E-state index contributed by atoms with van der Waals surface area (Å²) in [5.74, 6) is -2.02. The number of rotatable bonds is 3. The minimum Gasteiger partial charge on any atom is -0.508 e. The molecule has 0 aliphatic rings. The molecule has 0 heterocycles. The van der Waals surface area contributed by atoms with Crippen molar-refractivity contribution in [2.75, 3.05) is 14.1 Å². The van der Waals surface area contributed by atoms with Gasteiger partial charge < -0.3 is 15.3 Å². The summed E-state index contributed by atoms with van der Waals surface area (Å²) in [6.45, 7) is 1.36. The SMILES string of the molecule is C[C@H](NC(=O)c1cc(O)ccc1C(F)(F)F)C(=O)N(C)C. The van der Waals surface area contributed by atoms with Crippen LogP contribution in [0.2, 0.25) is 0 Å². The zero-order chi connectivity index (χ0) is 16.4. The van der Waals surface area contributed by atoms with E-state index >= 15 is 0 Å². The third-order valence-electron chi connectivity index (χ3n) is 2.71. The summed E-state index contributed by atoms with van der Waals surface area (Å²) in [5.41, 5.74) is -1.91. The summed E-state index contributed by atoms with van der Waals surface area (Å²) in [6, 6.07) is 1.18. The summed E-state index contributed by atoms with van der Waals surface area (Å²) < 4.78 is 38.5. The zero-order valence-corrected chi connectivity index (χ0v) is 11.7. The van der Waals surface area contributed by atoms with Gasteiger partial charge in [-0.3, -0.25) is 9.59 Å². The lowest BCUT2D eigenvalue weighted by atomic mass is 10.1. The summed E-state index contributed by atoms with van der Waals surface area (Å²) >= 11 is 0. The van der Waals surface area contributed by atoms with Gasteiger partial charge in [-0.15, -0.1) is 0 Å². The molecule has 2 N–H and O–H groups in total. The Morgan fingerprint density at radius 1 is 1.29 bits per heavy atom. The van der Waals surface area contributed by atoms with E-state index in [0.717, 1.165) is 6.07 Å². The molecule has 0 bridgehead atoms. The van der Waals surface area contributed by atoms with Gasteiger partial charge in [0, 0.05) is 14.1 Å². The van der Waals surface area contributed by atoms with Gasteiger partial charge in [0.15, 0.2) is 0 Å². The summed E-state index contributed by atoms with van der Waals surface area (Å²) in [4.78, 5) is 24.7. The first-order valence-corrected chi connectivity index (χ1v) is 5.96. The Morgan fingerprint density at radius 3 is 2.33 bits per heavy atom. The van der Waals surface area contributed by atoms with Crippen LogP contribution in [0, 0.1) is 0 Å². The molecule has 1 rings (SSSR count). The van der Waals surface area contributed by atoms with E-state index in [4.69, 9.17) is 0 Å². The predicted octanol–water partition coefficient (Wildman–Crippen LogP) is 1.62. The number of nitrogens with zero attached hydrogens (tertiary/aromatic N) is 1. The fraction of sp³-hybridized carbons (Fsp3) is 0.385. The maximum atomic E-state index is 12.8. The van der Waals surface area contributed by atoms with Crippen molar-refractivity contribution >= 4 is 11.8 Å². The first kappa shape index (κ1) is 16.8. The Hall–Kier alpha value is -2.25. The highest BCUT2D eigenvalue weighted by Crippen LogP contribution is 2.33. The lowest BCUT2D eigenvalue weighted by Crippen LogP contribution is -2.44. The van der Waals surface area contributed by atoms with Gasteiger partial charge in [0.2, 0.25) is 5.91 Å². The molecule has 0 aliphatic heterocycles. The Labute approximate surface area is 119 Å². The molecule has 0 radical (unpaired) electrons. The average molecular weight is 304 g/mol. The average Bonchev–Trinajstić information content (AvgIpc) is 2.35. The minimum absolute atomic E-state index is 0.461. The Bertz CT molecular complexity index is 556. The monoisotopic (exact) mass is 304 g/mol. The lowest BCUT2D eigenvalue weighted by Gasteiger charge is -2.19. The van der Waals surface area contributed by atoms with Crippen LogP contribution in [-0.4, -0.2) is 42.0 Å². The summed E-state index contributed by atoms with van der Waals surface area (Å²) in [6.07, 6.45) is -4.74. The number of alkyl halides is 3. The molecule has 21 heavy (non-hydrogen) atoms. The minimum atomic E-state index is -4.74. The number of hydrogen-bond donors (Lipinski definition) is 2. The standard InChI is InChI=1S/C13H15F3N2O3/c1-7(12(21)18(2)3)17-11(20)9-6-8(19)4-5-10(9)13(14,15)16/h4-7,19H,1-3H3,(H,17,20)/t7-/m0/s1. The van der Waals surface area contributed by atoms with Gasteiger partial charge in [0.05, 0.1) is 11.1 Å². The second-order valence-electron chi connectivity index (χ2n) is 4.66. The molecule has 0 unspecified atom stereocenters. The number of phenols is 1. The fourth-order valence-electron chi connectivity index (χ4n) is 1.69. The van der Waals surface area contributed by atoms with Crippen molar-refractivity contribution in [3.63, 3.8) is 0 Å². The van der Waals surface area contributed by atoms with Gasteiger partial charge in [-0.25, -0.2) is 0 Å². The van der Waals surface area contributed by atoms with E-state index < -0.39 is 40.9 Å². The second-order valence-corrected chi connectivity index (χ2v) is 4.66. The quantitative estimate of drug-likeness (QED) is 0.891. The van der Waals surface area contributed by atoms with Gasteiger partial charge in [0.1, 0.15) is 11.8 Å². The van der Waals surface area contributed by atoms with Crippen LogP contribution in [0.4, 0.5) is 13.2 Å². The fourth-order valence-corrected chi connectivity index (χ4v) is 1.69. The third kappa shape index (κ3) is 4.11. The van der Waals surface area contributed by atoms with Gasteiger partial charge in [-0.2, -0.15) is 13.2 Å². The predicted molar refractivity (Wildman–Crippen MR) is 68.7 cm³/mol. The van der Waals surface area contributed by atoms with Crippen LogP contribution in [0.1, 0.15) is 22.8 Å². The molecule has 0 fully saturated rings. The number of hydrogen-bond acceptors (Lipinski definition) is 3. The molecule has 0 saturated carbocycles. The van der Waals surface area contributed by atoms with E-state index in [1.807, 2.05) is 0 Å². The Morgan fingerprint density at radius 2 is 1.86 bits per heavy atom. The van der Waals surface area contributed by atoms with Crippen molar-refractivity contribution in [2.45, 2.75) is 19.1 Å². The molecule has 1 aromatic rings. The van der Waals surface area contributed by atoms with E-state index in [-0.39, 0.29) is 0 Å². The van der Waals surface area contributed by atoms with Crippen LogP contribution in [-0.2, 0) is 11.0 Å². The van der Waals surface area contributed by atoms with Gasteiger partial charge in [-0.05, 0) is 25.1 Å². The maximum Gasteiger partial charge on any atom is 0.417 e. The lowest BCUT2D eigenvalue weighted by molar-refractivity contribution is -0.137. The molecule has 0 aliphatic carbocycles. The molecule has 0 aromatic heterocycles. The van der Waals surface area contributed by atoms with Crippen molar-refractivity contribution in [3.8, 4) is 5.75 Å². The number of likely N-dealkylation sites (N-methyl/N-ethyl adjacent to an activating group) is 1. The molecule has 1 aromatic carbocycles. The van der Waals surface area contributed by atoms with Crippen molar-refractivity contribution in [1.29, 1.82) is 0 Å². The van der Waals surface area contributed by atoms with Crippen molar-refractivity contribution in [1.82, 2.24) is 10.2 Å². The number of carbonyl (C=O) groups is 2. The van der Waals surface area contributed by atoms with Crippen molar-refractivity contribution < 1.29 is 27.9 Å². The highest BCUT2D eigenvalue weighted by atomic mass is 19.4. The number of phenolic OH excluding ortho intramolecular Hbond substituents is 1. The van der Waals surface area contributed by atoms with Crippen molar-refractivity contribution in [3.05, 3.63) is 29.3 Å². The first-order valence-electron chi connectivity index (χ1n) is 5.96. The molecule has 0 spiro atoms. The van der Waals surface area contributed by atoms with E-state index in [1.54, 1.807) is 0 Å². The third-order valence-corrected chi connectivity index (χ3v) is 2.71. The Kier molecular flexibility index (Phi) is 4.82. The molecule has 5 nitrogen and oxygen atoms in total. The molecular formula is C13H15F3N2O3. The smallest absolute Gasteiger partial charge is 0.417 e. The largest absolute Gasteiger partial charge is 0.508 e. The normalized spacial score (nSPS) is 12.7. The highest BCUT2D eigenvalue weighted by Gasteiger charge is 2.35. The van der Waals surface area contributed by atoms with Crippen LogP contribution >= 0.6 is 0 Å². The Balaban J connectivity index is 3.08. The van der Waals surface area contributed by atoms with E-state index in [2.05, 4.69) is 5.32 Å². The first-order chi connectivity index (χ1) is 9.54. The molecule has 0 saturated heterocycles. The number of aromatic hydroxyl groups is 1. The number of nitrogens with one attached hydrogen (secondary N) is 1. The van der Waals surface area contributed by atoms with E-state index in [9.17, 15) is 27.9 Å². The maximum absolute atomic E-state index is 12.8. The summed E-state index contributed by atoms with van der Waals surface area (Å²) in [7, 11) is 2.92. The molecule has 2 amide bonds. The molecular weight excluding hydrogens is 289 g/mol. The van der Waals surface area contributed by atoms with Crippen molar-refractivity contribution in [2.24, 2.45) is 0 Å². The molecule has 1 atom stereocenters. The van der Waals surface area contributed by atoms with E-state index in [1.165, 1.54) is 25.9 Å². The van der Waals surface area contributed by atoms with E-state index in [0.29, 0.717) is 12.1 Å². The van der Waals surface area contributed by atoms with Crippen LogP contribution in [0.3, 0.4) is 0 Å². The second kappa shape index (κ2) is 6.02. The highest BCUT2D eigenvalue weighted by molar-refractivity contribution is 5.99. The van der Waals surface area contributed by atoms with Crippen LogP contribution < -0.4 is 5.32 Å². The van der Waals surface area contributed by atoms with Crippen LogP contribution in [0.5, 0.6) is 5.75 Å². The number of amides is 2. The molecule has 116 valence electrons. The number of halogens is 3. The number of carbonyl (C=O) groups excluding carboxylic acids is 2. The molecule has 8 heteroatoms. The number of benzene rings is 1. The van der Waals surface area contributed by atoms with Gasteiger partial charge >= 0.3 is 6.18 Å².